The minimum Gasteiger partial charge on any atom is -0.508 e. The van der Waals surface area contributed by atoms with Crippen LogP contribution in [-0.4, -0.2) is 10.8 Å². The van der Waals surface area contributed by atoms with Gasteiger partial charge in [0.05, 0.1) is 6.04 Å². The number of hydrogen-bond acceptors (Lipinski definition) is 4. The molecule has 0 amide bonds. The highest BCUT2D eigenvalue weighted by Crippen LogP contribution is 2.33. The quantitative estimate of drug-likeness (QED) is 0.900. The smallest absolute Gasteiger partial charge is 0.150 e. The van der Waals surface area contributed by atoms with E-state index in [1.165, 1.54) is 5.56 Å². The second-order valence-electron chi connectivity index (χ2n) is 5.83. The molecule has 110 valence electrons. The largest absolute Gasteiger partial charge is 0.508 e. The van der Waals surface area contributed by atoms with Crippen LogP contribution < -0.4 is 5.43 Å². The van der Waals surface area contributed by atoms with Gasteiger partial charge in [0.25, 0.3) is 0 Å². The Bertz CT molecular complexity index is 686. The van der Waals surface area contributed by atoms with E-state index in [1.54, 1.807) is 6.07 Å². The van der Waals surface area contributed by atoms with Crippen LogP contribution in [0.3, 0.4) is 0 Å². The van der Waals surface area contributed by atoms with E-state index in [4.69, 9.17) is 4.42 Å². The molecule has 1 aromatic heterocycles. The van der Waals surface area contributed by atoms with Crippen LogP contribution >= 0.6 is 0 Å². The average molecular weight is 284 g/mol. The topological polar surface area (TPSA) is 57.8 Å². The maximum absolute atomic E-state index is 10.1. The van der Waals surface area contributed by atoms with E-state index in [0.717, 1.165) is 22.8 Å². The second-order valence-corrected chi connectivity index (χ2v) is 5.83. The van der Waals surface area contributed by atoms with E-state index in [1.807, 2.05) is 25.1 Å². The first kappa shape index (κ1) is 13.7. The molecule has 2 heterocycles. The van der Waals surface area contributed by atoms with Crippen LogP contribution in [0.5, 0.6) is 5.75 Å². The second kappa shape index (κ2) is 5.28. The Labute approximate surface area is 124 Å². The molecular formula is C17H20N2O2. The molecule has 3 rings (SSSR count). The van der Waals surface area contributed by atoms with E-state index < -0.39 is 0 Å². The summed E-state index contributed by atoms with van der Waals surface area (Å²) in [7, 11) is 0. The molecule has 4 heteroatoms. The van der Waals surface area contributed by atoms with Crippen molar-refractivity contribution in [3.63, 3.8) is 0 Å². The van der Waals surface area contributed by atoms with Crippen molar-refractivity contribution in [2.75, 3.05) is 0 Å². The summed E-state index contributed by atoms with van der Waals surface area (Å²) in [5, 5.41) is 14.5. The molecule has 0 spiro atoms. The van der Waals surface area contributed by atoms with Gasteiger partial charge in [-0.25, -0.2) is 0 Å². The van der Waals surface area contributed by atoms with Crippen molar-refractivity contribution < 1.29 is 9.52 Å². The van der Waals surface area contributed by atoms with Gasteiger partial charge < -0.3 is 14.9 Å². The maximum atomic E-state index is 10.1. The number of benzene rings is 1. The normalized spacial score (nSPS) is 17.9. The predicted octanol–water partition coefficient (Wildman–Crippen LogP) is 3.86. The van der Waals surface area contributed by atoms with Gasteiger partial charge >= 0.3 is 0 Å². The number of furan rings is 1. The zero-order valence-corrected chi connectivity index (χ0v) is 12.6. The minimum absolute atomic E-state index is 0.0101. The molecule has 0 saturated heterocycles. The van der Waals surface area contributed by atoms with Crippen LogP contribution in [0.25, 0.3) is 0 Å². The fraction of sp³-hybridized carbons (Fsp3) is 0.353. The maximum Gasteiger partial charge on any atom is 0.150 e. The van der Waals surface area contributed by atoms with Gasteiger partial charge in [-0.2, -0.15) is 5.10 Å². The number of aromatic hydroxyl groups is 1. The van der Waals surface area contributed by atoms with Crippen LogP contribution in [-0.2, 0) is 0 Å². The Morgan fingerprint density at radius 3 is 2.76 bits per heavy atom. The lowest BCUT2D eigenvalue weighted by molar-refractivity contribution is 0.455. The zero-order chi connectivity index (χ0) is 15.0. The summed E-state index contributed by atoms with van der Waals surface area (Å²) in [5.74, 6) is 2.41. The summed E-state index contributed by atoms with van der Waals surface area (Å²) < 4.78 is 5.61. The summed E-state index contributed by atoms with van der Waals surface area (Å²) >= 11 is 0. The highest BCUT2D eigenvalue weighted by atomic mass is 16.3. The fourth-order valence-corrected chi connectivity index (χ4v) is 2.58. The first-order valence-corrected chi connectivity index (χ1v) is 7.26. The Morgan fingerprint density at radius 2 is 2.10 bits per heavy atom. The molecule has 0 saturated carbocycles. The van der Waals surface area contributed by atoms with E-state index in [-0.39, 0.29) is 6.04 Å². The highest BCUT2D eigenvalue weighted by molar-refractivity contribution is 5.99. The molecule has 0 radical (unpaired) electrons. The summed E-state index contributed by atoms with van der Waals surface area (Å²) in [5.41, 5.74) is 6.10. The lowest BCUT2D eigenvalue weighted by atomic mass is 9.95. The molecule has 1 aromatic carbocycles. The van der Waals surface area contributed by atoms with Gasteiger partial charge in [0.2, 0.25) is 0 Å². The number of rotatable bonds is 3. The summed E-state index contributed by atoms with van der Waals surface area (Å²) in [6, 6.07) is 9.65. The van der Waals surface area contributed by atoms with Crippen LogP contribution in [0, 0.1) is 6.92 Å². The molecule has 21 heavy (non-hydrogen) atoms. The molecule has 2 N–H and O–H groups in total. The number of nitrogens with zero attached hydrogens (tertiary/aromatic N) is 1. The molecule has 0 fully saturated rings. The van der Waals surface area contributed by atoms with Gasteiger partial charge in [-0.1, -0.05) is 19.9 Å². The Morgan fingerprint density at radius 1 is 1.29 bits per heavy atom. The van der Waals surface area contributed by atoms with Gasteiger partial charge in [0.15, 0.2) is 0 Å². The van der Waals surface area contributed by atoms with E-state index in [9.17, 15) is 5.11 Å². The number of nitrogens with one attached hydrogen (secondary N) is 1. The summed E-state index contributed by atoms with van der Waals surface area (Å²) in [6.07, 6.45) is 0.710. The summed E-state index contributed by atoms with van der Waals surface area (Å²) in [4.78, 5) is 0. The Kier molecular flexibility index (Phi) is 3.45. The first-order valence-electron chi connectivity index (χ1n) is 7.26. The van der Waals surface area contributed by atoms with Crippen LogP contribution in [0.4, 0.5) is 0 Å². The van der Waals surface area contributed by atoms with Gasteiger partial charge in [-0.15, -0.1) is 0 Å². The number of phenols is 1. The SMILES string of the molecule is Cc1ccc(C2=NNC(c3cc(C(C)C)ccc3O)C2)o1. The number of hydrogen-bond donors (Lipinski definition) is 2. The van der Waals surface area contributed by atoms with Crippen molar-refractivity contribution in [2.45, 2.75) is 39.2 Å². The molecule has 1 atom stereocenters. The van der Waals surface area contributed by atoms with Crippen molar-refractivity contribution in [2.24, 2.45) is 5.10 Å². The van der Waals surface area contributed by atoms with Gasteiger partial charge in [-0.05, 0) is 42.7 Å². The highest BCUT2D eigenvalue weighted by Gasteiger charge is 2.25. The molecule has 1 aliphatic rings. The third kappa shape index (κ3) is 2.66. The molecule has 0 aliphatic carbocycles. The molecule has 2 aromatic rings. The van der Waals surface area contributed by atoms with Gasteiger partial charge in [0.1, 0.15) is 23.0 Å². The van der Waals surface area contributed by atoms with Crippen molar-refractivity contribution >= 4 is 5.71 Å². The number of aryl methyl sites for hydroxylation is 1. The predicted molar refractivity (Wildman–Crippen MR) is 82.7 cm³/mol. The number of hydrazone groups is 1. The third-order valence-electron chi connectivity index (χ3n) is 3.87. The molecule has 1 unspecified atom stereocenters. The monoisotopic (exact) mass is 284 g/mol. The van der Waals surface area contributed by atoms with Crippen LogP contribution in [0.2, 0.25) is 0 Å². The van der Waals surface area contributed by atoms with Crippen LogP contribution in [0.1, 0.15) is 54.9 Å². The van der Waals surface area contributed by atoms with E-state index >= 15 is 0 Å². The molecule has 0 bridgehead atoms. The standard InChI is InChI=1S/C17H20N2O2/c1-10(2)12-5-6-16(20)13(8-12)14-9-15(19-18-14)17-7-4-11(3)21-17/h4-8,10,14,18,20H,9H2,1-3H3. The fourth-order valence-electron chi connectivity index (χ4n) is 2.58. The van der Waals surface area contributed by atoms with Crippen molar-refractivity contribution in [1.82, 2.24) is 5.43 Å². The van der Waals surface area contributed by atoms with E-state index in [0.29, 0.717) is 18.1 Å². The molecule has 1 aliphatic heterocycles. The van der Waals surface area contributed by atoms with Crippen molar-refractivity contribution in [3.05, 3.63) is 53.0 Å². The Balaban J connectivity index is 1.83. The molecule has 4 nitrogen and oxygen atoms in total. The third-order valence-corrected chi connectivity index (χ3v) is 3.87. The van der Waals surface area contributed by atoms with Crippen LogP contribution in [0.15, 0.2) is 39.9 Å². The molecular weight excluding hydrogens is 264 g/mol. The summed E-state index contributed by atoms with van der Waals surface area (Å²) in [6.45, 7) is 6.21. The van der Waals surface area contributed by atoms with Gasteiger partial charge in [0, 0.05) is 12.0 Å². The lowest BCUT2D eigenvalue weighted by Crippen LogP contribution is -2.10. The Hall–Kier alpha value is -2.23. The van der Waals surface area contributed by atoms with Crippen molar-refractivity contribution in [1.29, 1.82) is 0 Å². The minimum atomic E-state index is -0.0101. The van der Waals surface area contributed by atoms with Crippen molar-refractivity contribution in [3.8, 4) is 5.75 Å². The number of phenolic OH excluding ortho intramolecular Hbond substituents is 1. The lowest BCUT2D eigenvalue weighted by Gasteiger charge is -2.15. The van der Waals surface area contributed by atoms with Gasteiger partial charge in [-0.3, -0.25) is 0 Å². The zero-order valence-electron chi connectivity index (χ0n) is 12.6. The average Bonchev–Trinajstić information content (AvgIpc) is 3.07. The van der Waals surface area contributed by atoms with E-state index in [2.05, 4.69) is 30.4 Å². The first-order chi connectivity index (χ1) is 10.0.